The molecule has 0 aliphatic heterocycles. The number of carbonyl (C=O) groups is 2. The van der Waals surface area contributed by atoms with E-state index in [1.165, 1.54) is 0 Å². The van der Waals surface area contributed by atoms with Gasteiger partial charge in [-0.3, -0.25) is 4.79 Å². The molecule has 0 aliphatic rings. The van der Waals surface area contributed by atoms with Crippen molar-refractivity contribution in [2.75, 3.05) is 0 Å². The lowest BCUT2D eigenvalue weighted by molar-refractivity contribution is -0.149. The van der Waals surface area contributed by atoms with Crippen molar-refractivity contribution in [3.05, 3.63) is 12.2 Å². The molecule has 0 rings (SSSR count). The van der Waals surface area contributed by atoms with Crippen LogP contribution in [0.4, 0.5) is 8.78 Å². The van der Waals surface area contributed by atoms with Crippen LogP contribution >= 0.6 is 0 Å². The van der Waals surface area contributed by atoms with E-state index in [-0.39, 0.29) is 12.0 Å². The minimum absolute atomic E-state index is 0.0508. The van der Waals surface area contributed by atoms with Gasteiger partial charge in [-0.25, -0.2) is 13.6 Å². The van der Waals surface area contributed by atoms with Crippen molar-refractivity contribution in [3.8, 4) is 0 Å². The summed E-state index contributed by atoms with van der Waals surface area (Å²) in [6, 6.07) is -1.32. The predicted molar refractivity (Wildman–Crippen MR) is 54.5 cm³/mol. The Morgan fingerprint density at radius 2 is 1.82 bits per heavy atom. The lowest BCUT2D eigenvalue weighted by Gasteiger charge is -2.25. The van der Waals surface area contributed by atoms with Crippen molar-refractivity contribution in [2.24, 2.45) is 11.5 Å². The molecule has 0 spiro atoms. The van der Waals surface area contributed by atoms with Gasteiger partial charge in [0.1, 0.15) is 6.04 Å². The van der Waals surface area contributed by atoms with Crippen molar-refractivity contribution in [2.45, 2.75) is 30.8 Å². The summed E-state index contributed by atoms with van der Waals surface area (Å²) in [4.78, 5) is 21.0. The number of rotatable bonds is 7. The monoisotopic (exact) mass is 252 g/mol. The van der Waals surface area contributed by atoms with E-state index in [4.69, 9.17) is 21.7 Å². The molecule has 0 saturated heterocycles. The predicted octanol–water partition coefficient (Wildman–Crippen LogP) is -0.218. The largest absolute Gasteiger partial charge is 0.480 e. The number of aliphatic carboxylic acids is 2. The molecule has 0 aromatic carbocycles. The number of hydrogen-bond donors (Lipinski definition) is 4. The first-order valence-electron chi connectivity index (χ1n) is 4.56. The molecule has 0 fully saturated rings. The molecule has 98 valence electrons. The zero-order valence-corrected chi connectivity index (χ0v) is 8.90. The maximum Gasteiger partial charge on any atom is 0.330 e. The van der Waals surface area contributed by atoms with Crippen LogP contribution in [0.5, 0.6) is 0 Å². The van der Waals surface area contributed by atoms with Crippen molar-refractivity contribution < 1.29 is 28.6 Å². The summed E-state index contributed by atoms with van der Waals surface area (Å²) in [6.45, 7) is 3.31. The maximum atomic E-state index is 12.5. The van der Waals surface area contributed by atoms with Gasteiger partial charge in [0, 0.05) is 6.42 Å². The van der Waals surface area contributed by atoms with Crippen molar-refractivity contribution in [1.82, 2.24) is 0 Å². The zero-order chi connectivity index (χ0) is 13.8. The third-order valence-electron chi connectivity index (χ3n) is 2.16. The Hall–Kier alpha value is -1.54. The number of alkyl halides is 2. The molecule has 8 heteroatoms. The fraction of sp³-hybridized carbons (Fsp3) is 0.556. The molecule has 6 nitrogen and oxygen atoms in total. The average molecular weight is 252 g/mol. The highest BCUT2D eigenvalue weighted by Gasteiger charge is 2.44. The first-order chi connectivity index (χ1) is 7.61. The molecular formula is C9H14F2N2O4. The van der Waals surface area contributed by atoms with Gasteiger partial charge in [0.2, 0.25) is 0 Å². The summed E-state index contributed by atoms with van der Waals surface area (Å²) in [5.74, 6) is -3.21. The minimum Gasteiger partial charge on any atom is -0.480 e. The molecule has 17 heavy (non-hydrogen) atoms. The second-order valence-electron chi connectivity index (χ2n) is 3.72. The fourth-order valence-electron chi connectivity index (χ4n) is 1.13. The van der Waals surface area contributed by atoms with E-state index in [1.54, 1.807) is 0 Å². The van der Waals surface area contributed by atoms with E-state index >= 15 is 0 Å². The summed E-state index contributed by atoms with van der Waals surface area (Å²) < 4.78 is 25.0. The van der Waals surface area contributed by atoms with Crippen LogP contribution in [-0.4, -0.2) is 40.2 Å². The molecule has 0 saturated carbocycles. The minimum atomic E-state index is -3.29. The van der Waals surface area contributed by atoms with Gasteiger partial charge >= 0.3 is 11.9 Å². The van der Waals surface area contributed by atoms with E-state index < -0.39 is 36.4 Å². The van der Waals surface area contributed by atoms with Gasteiger partial charge in [-0.15, -0.1) is 0 Å². The van der Waals surface area contributed by atoms with Crippen LogP contribution in [0.25, 0.3) is 0 Å². The molecule has 0 bridgehead atoms. The summed E-state index contributed by atoms with van der Waals surface area (Å²) in [5.41, 5.74) is 7.37. The highest BCUT2D eigenvalue weighted by molar-refractivity contribution is 5.79. The zero-order valence-electron chi connectivity index (χ0n) is 8.90. The molecule has 6 N–H and O–H groups in total. The second kappa shape index (κ2) is 5.69. The van der Waals surface area contributed by atoms with E-state index in [0.29, 0.717) is 0 Å². The summed E-state index contributed by atoms with van der Waals surface area (Å²) in [6.07, 6.45) is -4.34. The molecule has 0 aliphatic carbocycles. The molecule has 0 radical (unpaired) electrons. The van der Waals surface area contributed by atoms with Crippen LogP contribution in [0, 0.1) is 0 Å². The van der Waals surface area contributed by atoms with Crippen LogP contribution in [0.2, 0.25) is 0 Å². The lowest BCUT2D eigenvalue weighted by atomic mass is 9.90. The number of nitrogens with two attached hydrogens (primary N) is 2. The SMILES string of the molecule is C=C(CC(N)C(=O)O)CC(N)(C(=O)O)C(F)F. The Balaban J connectivity index is 4.65. The fourth-order valence-corrected chi connectivity index (χ4v) is 1.13. The van der Waals surface area contributed by atoms with Crippen LogP contribution in [0.15, 0.2) is 12.2 Å². The summed E-state index contributed by atoms with van der Waals surface area (Å²) in [7, 11) is 0. The van der Waals surface area contributed by atoms with Crippen LogP contribution in [0.3, 0.4) is 0 Å². The summed E-state index contributed by atoms with van der Waals surface area (Å²) in [5, 5.41) is 17.1. The molecule has 2 atom stereocenters. The Labute approximate surface area is 95.9 Å². The first kappa shape index (κ1) is 15.5. The van der Waals surface area contributed by atoms with E-state index in [2.05, 4.69) is 6.58 Å². The second-order valence-corrected chi connectivity index (χ2v) is 3.72. The quantitative estimate of drug-likeness (QED) is 0.464. The highest BCUT2D eigenvalue weighted by Crippen LogP contribution is 2.23. The third-order valence-corrected chi connectivity index (χ3v) is 2.16. The van der Waals surface area contributed by atoms with Gasteiger partial charge < -0.3 is 21.7 Å². The standard InChI is InChI=1S/C9H14F2N2O4/c1-4(2-5(12)6(14)15)3-9(13,7(10)11)8(16)17/h5,7H,1-3,12-13H2,(H,14,15)(H,16,17). The molecule has 0 aromatic rings. The van der Waals surface area contributed by atoms with Gasteiger partial charge in [0.05, 0.1) is 0 Å². The van der Waals surface area contributed by atoms with E-state index in [1.807, 2.05) is 0 Å². The van der Waals surface area contributed by atoms with Crippen LogP contribution < -0.4 is 11.5 Å². The van der Waals surface area contributed by atoms with Gasteiger partial charge in [0.25, 0.3) is 6.43 Å². The number of halogens is 2. The van der Waals surface area contributed by atoms with Crippen LogP contribution in [0.1, 0.15) is 12.8 Å². The van der Waals surface area contributed by atoms with Crippen LogP contribution in [-0.2, 0) is 9.59 Å². The molecule has 0 aromatic heterocycles. The Morgan fingerprint density at radius 3 is 2.12 bits per heavy atom. The topological polar surface area (TPSA) is 127 Å². The normalized spacial score (nSPS) is 16.3. The highest BCUT2D eigenvalue weighted by atomic mass is 19.3. The summed E-state index contributed by atoms with van der Waals surface area (Å²) >= 11 is 0. The van der Waals surface area contributed by atoms with Gasteiger partial charge in [-0.2, -0.15) is 0 Å². The smallest absolute Gasteiger partial charge is 0.330 e. The number of carboxylic acid groups (broad SMARTS) is 2. The van der Waals surface area contributed by atoms with Crippen molar-refractivity contribution in [1.29, 1.82) is 0 Å². The number of hydrogen-bond acceptors (Lipinski definition) is 4. The molecule has 0 amide bonds. The lowest BCUT2D eigenvalue weighted by Crippen LogP contribution is -2.54. The van der Waals surface area contributed by atoms with E-state index in [0.717, 1.165) is 0 Å². The van der Waals surface area contributed by atoms with Gasteiger partial charge in [0.15, 0.2) is 5.54 Å². The maximum absolute atomic E-state index is 12.5. The molecule has 2 unspecified atom stereocenters. The van der Waals surface area contributed by atoms with Gasteiger partial charge in [-0.05, 0) is 6.42 Å². The number of carboxylic acids is 2. The Morgan fingerprint density at radius 1 is 1.35 bits per heavy atom. The van der Waals surface area contributed by atoms with Gasteiger partial charge in [-0.1, -0.05) is 12.2 Å². The van der Waals surface area contributed by atoms with E-state index in [9.17, 15) is 18.4 Å². The average Bonchev–Trinajstić information content (AvgIpc) is 2.16. The molecular weight excluding hydrogens is 238 g/mol. The first-order valence-corrected chi connectivity index (χ1v) is 4.56. The Bertz CT molecular complexity index is 335. The van der Waals surface area contributed by atoms with Crippen molar-refractivity contribution in [3.63, 3.8) is 0 Å². The Kier molecular flexibility index (Phi) is 5.17. The van der Waals surface area contributed by atoms with Crippen molar-refractivity contribution >= 4 is 11.9 Å². The molecule has 0 heterocycles. The third kappa shape index (κ3) is 4.08.